The molecule has 30 heavy (non-hydrogen) atoms. The summed E-state index contributed by atoms with van der Waals surface area (Å²) in [4.78, 5) is 0. The molecule has 0 atom stereocenters. The molecule has 0 amide bonds. The Balaban J connectivity index is 1.22. The maximum absolute atomic E-state index is 14.0. The van der Waals surface area contributed by atoms with E-state index in [4.69, 9.17) is 9.47 Å². The first-order valence-electron chi connectivity index (χ1n) is 12.2. The topological polar surface area (TPSA) is 18.5 Å². The largest absolute Gasteiger partial charge is 0.352 e. The molecule has 1 saturated heterocycles. The van der Waals surface area contributed by atoms with Crippen molar-refractivity contribution < 1.29 is 18.3 Å². The molecule has 1 aromatic rings. The SMILES string of the molecule is CCCC1COC(C2CCC(C3CCC(c4cc(F)c(C)c(F)c4)CC3)CC2)OC1. The summed E-state index contributed by atoms with van der Waals surface area (Å²) in [7, 11) is 0. The van der Waals surface area contributed by atoms with E-state index >= 15 is 0 Å². The van der Waals surface area contributed by atoms with Gasteiger partial charge < -0.3 is 9.47 Å². The highest BCUT2D eigenvalue weighted by atomic mass is 19.1. The van der Waals surface area contributed by atoms with Gasteiger partial charge in [-0.15, -0.1) is 0 Å². The van der Waals surface area contributed by atoms with Gasteiger partial charge in [0.1, 0.15) is 11.6 Å². The fourth-order valence-electron chi connectivity index (χ4n) is 6.12. The molecule has 1 aliphatic heterocycles. The van der Waals surface area contributed by atoms with Crippen LogP contribution >= 0.6 is 0 Å². The smallest absolute Gasteiger partial charge is 0.160 e. The van der Waals surface area contributed by atoms with Crippen molar-refractivity contribution in [2.24, 2.45) is 23.7 Å². The number of halogens is 2. The molecule has 0 aromatic heterocycles. The van der Waals surface area contributed by atoms with E-state index in [0.717, 1.165) is 43.5 Å². The summed E-state index contributed by atoms with van der Waals surface area (Å²) in [6, 6.07) is 3.12. The molecule has 2 aliphatic carbocycles. The molecule has 1 aromatic carbocycles. The lowest BCUT2D eigenvalue weighted by atomic mass is 9.68. The molecule has 3 aliphatic rings. The number of hydrogen-bond donors (Lipinski definition) is 0. The van der Waals surface area contributed by atoms with Crippen LogP contribution in [0.1, 0.15) is 88.2 Å². The Morgan fingerprint density at radius 1 is 0.800 bits per heavy atom. The van der Waals surface area contributed by atoms with E-state index in [0.29, 0.717) is 17.8 Å². The molecule has 3 fully saturated rings. The van der Waals surface area contributed by atoms with Crippen molar-refractivity contribution in [2.45, 2.75) is 90.3 Å². The van der Waals surface area contributed by atoms with Gasteiger partial charge in [0.05, 0.1) is 13.2 Å². The molecule has 0 bridgehead atoms. The maximum atomic E-state index is 14.0. The summed E-state index contributed by atoms with van der Waals surface area (Å²) in [5.41, 5.74) is 0.988. The minimum atomic E-state index is -0.404. The third kappa shape index (κ3) is 5.07. The van der Waals surface area contributed by atoms with Crippen molar-refractivity contribution in [1.82, 2.24) is 0 Å². The molecule has 168 valence electrons. The molecule has 0 N–H and O–H groups in total. The van der Waals surface area contributed by atoms with E-state index in [9.17, 15) is 8.78 Å². The minimum absolute atomic E-state index is 0.0149. The zero-order valence-electron chi connectivity index (χ0n) is 18.7. The van der Waals surface area contributed by atoms with E-state index in [-0.39, 0.29) is 11.9 Å². The van der Waals surface area contributed by atoms with Crippen LogP contribution in [0.2, 0.25) is 0 Å². The third-order valence-corrected chi connectivity index (χ3v) is 8.10. The van der Waals surface area contributed by atoms with Crippen molar-refractivity contribution in [2.75, 3.05) is 13.2 Å². The number of ether oxygens (including phenoxy) is 2. The van der Waals surface area contributed by atoms with Crippen LogP contribution in [-0.4, -0.2) is 19.5 Å². The zero-order valence-corrected chi connectivity index (χ0v) is 18.7. The van der Waals surface area contributed by atoms with Crippen molar-refractivity contribution in [3.05, 3.63) is 34.9 Å². The van der Waals surface area contributed by atoms with Gasteiger partial charge in [-0.3, -0.25) is 0 Å². The second-order valence-corrected chi connectivity index (χ2v) is 10.1. The van der Waals surface area contributed by atoms with Gasteiger partial charge in [0.15, 0.2) is 6.29 Å². The molecular weight excluding hydrogens is 382 g/mol. The Labute approximate surface area is 180 Å². The van der Waals surface area contributed by atoms with Crippen LogP contribution in [0.15, 0.2) is 12.1 Å². The summed E-state index contributed by atoms with van der Waals surface area (Å²) < 4.78 is 40.0. The van der Waals surface area contributed by atoms with Crippen molar-refractivity contribution in [3.63, 3.8) is 0 Å². The van der Waals surface area contributed by atoms with Gasteiger partial charge in [0.25, 0.3) is 0 Å². The molecule has 0 unspecified atom stereocenters. The minimum Gasteiger partial charge on any atom is -0.352 e. The Bertz CT molecular complexity index is 659. The summed E-state index contributed by atoms with van der Waals surface area (Å²) in [5.74, 6) is 2.20. The molecule has 4 rings (SSSR count). The van der Waals surface area contributed by atoms with E-state index in [1.165, 1.54) is 58.3 Å². The molecule has 1 heterocycles. The van der Waals surface area contributed by atoms with Crippen LogP contribution in [0.3, 0.4) is 0 Å². The van der Waals surface area contributed by atoms with E-state index in [2.05, 4.69) is 6.92 Å². The van der Waals surface area contributed by atoms with E-state index in [1.54, 1.807) is 12.1 Å². The van der Waals surface area contributed by atoms with Gasteiger partial charge in [-0.2, -0.15) is 0 Å². The van der Waals surface area contributed by atoms with Crippen LogP contribution in [0.5, 0.6) is 0 Å². The molecule has 0 spiro atoms. The monoisotopic (exact) mass is 420 g/mol. The molecule has 2 nitrogen and oxygen atoms in total. The highest BCUT2D eigenvalue weighted by molar-refractivity contribution is 5.28. The predicted octanol–water partition coefficient (Wildman–Crippen LogP) is 7.14. The Morgan fingerprint density at radius 2 is 1.30 bits per heavy atom. The van der Waals surface area contributed by atoms with Gasteiger partial charge >= 0.3 is 0 Å². The summed E-state index contributed by atoms with van der Waals surface area (Å²) in [6.45, 7) is 5.46. The normalized spacial score (nSPS) is 35.3. The predicted molar refractivity (Wildman–Crippen MR) is 115 cm³/mol. The van der Waals surface area contributed by atoms with Crippen LogP contribution in [0, 0.1) is 42.2 Å². The van der Waals surface area contributed by atoms with E-state index < -0.39 is 11.6 Å². The van der Waals surface area contributed by atoms with Gasteiger partial charge in [-0.1, -0.05) is 13.3 Å². The van der Waals surface area contributed by atoms with Gasteiger partial charge in [-0.05, 0) is 100 Å². The first-order chi connectivity index (χ1) is 14.5. The van der Waals surface area contributed by atoms with Gasteiger partial charge in [0, 0.05) is 17.4 Å². The maximum Gasteiger partial charge on any atom is 0.160 e. The third-order valence-electron chi connectivity index (χ3n) is 8.10. The van der Waals surface area contributed by atoms with Gasteiger partial charge in [-0.25, -0.2) is 8.78 Å². The fourth-order valence-corrected chi connectivity index (χ4v) is 6.12. The summed E-state index contributed by atoms with van der Waals surface area (Å²) in [6.07, 6.45) is 11.9. The number of benzene rings is 1. The van der Waals surface area contributed by atoms with E-state index in [1.807, 2.05) is 0 Å². The van der Waals surface area contributed by atoms with Crippen LogP contribution < -0.4 is 0 Å². The summed E-state index contributed by atoms with van der Waals surface area (Å²) in [5, 5.41) is 0. The quantitative estimate of drug-likeness (QED) is 0.504. The molecule has 0 radical (unpaired) electrons. The molecule has 2 saturated carbocycles. The second-order valence-electron chi connectivity index (χ2n) is 10.1. The highest BCUT2D eigenvalue weighted by Crippen LogP contribution is 2.45. The Hall–Kier alpha value is -1.00. The first kappa shape index (κ1) is 22.2. The average molecular weight is 421 g/mol. The van der Waals surface area contributed by atoms with Crippen LogP contribution in [-0.2, 0) is 9.47 Å². The number of hydrogen-bond acceptors (Lipinski definition) is 2. The lowest BCUT2D eigenvalue weighted by Crippen LogP contribution is -2.39. The van der Waals surface area contributed by atoms with Crippen molar-refractivity contribution in [1.29, 1.82) is 0 Å². The number of rotatable bonds is 5. The Morgan fingerprint density at radius 3 is 1.83 bits per heavy atom. The lowest BCUT2D eigenvalue weighted by molar-refractivity contribution is -0.230. The molecule has 4 heteroatoms. The van der Waals surface area contributed by atoms with Crippen molar-refractivity contribution in [3.8, 4) is 0 Å². The highest BCUT2D eigenvalue weighted by Gasteiger charge is 2.36. The summed E-state index contributed by atoms with van der Waals surface area (Å²) >= 11 is 0. The molecular formula is C26H38F2O2. The van der Waals surface area contributed by atoms with Crippen LogP contribution in [0.4, 0.5) is 8.78 Å². The average Bonchev–Trinajstić information content (AvgIpc) is 2.78. The standard InChI is InChI=1S/C26H38F2O2/c1-3-4-18-15-29-26(30-16-18)22-11-9-20(10-12-22)19-5-7-21(8-6-19)23-13-24(27)17(2)25(28)14-23/h13-14,18-22,26H,3-12,15-16H2,1-2H3. The lowest BCUT2D eigenvalue weighted by Gasteiger charge is -2.41. The van der Waals surface area contributed by atoms with Gasteiger partial charge in [0.2, 0.25) is 0 Å². The van der Waals surface area contributed by atoms with Crippen molar-refractivity contribution >= 4 is 0 Å². The zero-order chi connectivity index (χ0) is 21.1. The Kier molecular flexibility index (Phi) is 7.46. The fraction of sp³-hybridized carbons (Fsp3) is 0.769. The second kappa shape index (κ2) is 10.1. The first-order valence-corrected chi connectivity index (χ1v) is 12.2. The van der Waals surface area contributed by atoms with Crippen LogP contribution in [0.25, 0.3) is 0 Å².